The van der Waals surface area contributed by atoms with Crippen LogP contribution in [0.15, 0.2) is 0 Å². The number of hydrogen-bond donors (Lipinski definition) is 3. The Hall–Kier alpha value is -0.500. The molecular weight excluding hydrogens is 996 g/mol. The van der Waals surface area contributed by atoms with Gasteiger partial charge < -0.3 is 19.8 Å². The van der Waals surface area contributed by atoms with Crippen LogP contribution < -0.4 is 5.32 Å². The maximum absolute atomic E-state index is 13.1. The van der Waals surface area contributed by atoms with Crippen LogP contribution in [-0.4, -0.2) is 73.4 Å². The number of rotatable bonds is 68. The van der Waals surface area contributed by atoms with Crippen molar-refractivity contribution in [2.24, 2.45) is 0 Å². The van der Waals surface area contributed by atoms with Crippen molar-refractivity contribution in [3.63, 3.8) is 0 Å². The van der Waals surface area contributed by atoms with Crippen molar-refractivity contribution in [3.05, 3.63) is 0 Å². The molecule has 474 valence electrons. The second kappa shape index (κ2) is 62.0. The topological polar surface area (TPSA) is 105 Å². The minimum atomic E-state index is -4.33. The Balaban J connectivity index is 3.97. The SMILES string of the molecule is CCCCCCCCCCCCCCCCCCCCCCCCCCCCCCCC(=O)NC(COP(=O)(O)OCC[N+](C)(C)C)C(O)CCCCCCCCCCCCCCCCCCCCCCCCCCCCCC. The first-order valence-corrected chi connectivity index (χ1v) is 37.4. The summed E-state index contributed by atoms with van der Waals surface area (Å²) in [7, 11) is 1.64. The van der Waals surface area contributed by atoms with Crippen LogP contribution in [0.2, 0.25) is 0 Å². The van der Waals surface area contributed by atoms with E-state index in [4.69, 9.17) is 9.05 Å². The van der Waals surface area contributed by atoms with E-state index >= 15 is 0 Å². The lowest BCUT2D eigenvalue weighted by molar-refractivity contribution is -0.870. The summed E-state index contributed by atoms with van der Waals surface area (Å²) in [4.78, 5) is 23.5. The average molecular weight is 1140 g/mol. The smallest absolute Gasteiger partial charge is 0.391 e. The Morgan fingerprint density at radius 1 is 0.380 bits per heavy atom. The van der Waals surface area contributed by atoms with Crippen LogP contribution >= 0.6 is 7.82 Å². The fraction of sp³-hybridized carbons (Fsp3) is 0.986. The van der Waals surface area contributed by atoms with Gasteiger partial charge in [0.05, 0.1) is 39.9 Å². The fourth-order valence-electron chi connectivity index (χ4n) is 11.5. The van der Waals surface area contributed by atoms with E-state index in [1.54, 1.807) is 0 Å². The third-order valence-corrected chi connectivity index (χ3v) is 18.1. The first-order valence-electron chi connectivity index (χ1n) is 35.9. The first-order chi connectivity index (χ1) is 38.5. The van der Waals surface area contributed by atoms with E-state index in [1.807, 2.05) is 21.1 Å². The molecule has 3 N–H and O–H groups in total. The number of carbonyl (C=O) groups is 1. The highest BCUT2D eigenvalue weighted by molar-refractivity contribution is 7.47. The summed E-state index contributed by atoms with van der Waals surface area (Å²) in [5.74, 6) is -0.133. The molecule has 9 heteroatoms. The van der Waals surface area contributed by atoms with Crippen molar-refractivity contribution in [3.8, 4) is 0 Å². The highest BCUT2D eigenvalue weighted by Crippen LogP contribution is 2.43. The molecule has 0 radical (unpaired) electrons. The van der Waals surface area contributed by atoms with Crippen LogP contribution in [0.5, 0.6) is 0 Å². The predicted octanol–water partition coefficient (Wildman–Crippen LogP) is 22.7. The Morgan fingerprint density at radius 3 is 0.848 bits per heavy atom. The van der Waals surface area contributed by atoms with E-state index < -0.39 is 20.0 Å². The molecular formula is C70H144N2O6P+. The molecule has 0 rings (SSSR count). The van der Waals surface area contributed by atoms with Crippen molar-refractivity contribution >= 4 is 13.7 Å². The zero-order valence-electron chi connectivity index (χ0n) is 54.4. The molecule has 0 heterocycles. The van der Waals surface area contributed by atoms with E-state index in [9.17, 15) is 19.4 Å². The highest BCUT2D eigenvalue weighted by atomic mass is 31.2. The highest BCUT2D eigenvalue weighted by Gasteiger charge is 2.28. The van der Waals surface area contributed by atoms with Crippen LogP contribution in [0.4, 0.5) is 0 Å². The molecule has 0 aromatic rings. The quantitative estimate of drug-likeness (QED) is 0.0318. The Labute approximate surface area is 495 Å². The predicted molar refractivity (Wildman–Crippen MR) is 346 cm³/mol. The lowest BCUT2D eigenvalue weighted by atomic mass is 10.0. The van der Waals surface area contributed by atoms with Gasteiger partial charge in [-0.05, 0) is 12.8 Å². The number of likely N-dealkylation sites (N-methyl/N-ethyl adjacent to an activating group) is 1. The van der Waals surface area contributed by atoms with Gasteiger partial charge in [0, 0.05) is 6.42 Å². The van der Waals surface area contributed by atoms with Crippen molar-refractivity contribution in [2.45, 2.75) is 405 Å². The number of amides is 1. The minimum Gasteiger partial charge on any atom is -0.391 e. The van der Waals surface area contributed by atoms with E-state index in [0.717, 1.165) is 38.5 Å². The molecule has 0 saturated heterocycles. The fourth-order valence-corrected chi connectivity index (χ4v) is 12.3. The molecule has 0 spiro atoms. The van der Waals surface area contributed by atoms with E-state index in [2.05, 4.69) is 19.2 Å². The van der Waals surface area contributed by atoms with Gasteiger partial charge in [0.25, 0.3) is 0 Å². The van der Waals surface area contributed by atoms with Gasteiger partial charge in [-0.2, -0.15) is 0 Å². The molecule has 1 amide bonds. The molecule has 0 saturated carbocycles. The molecule has 3 unspecified atom stereocenters. The summed E-state index contributed by atoms with van der Waals surface area (Å²) in [6.07, 6.45) is 77.9. The summed E-state index contributed by atoms with van der Waals surface area (Å²) >= 11 is 0. The molecule has 0 aromatic heterocycles. The number of phosphoric acid groups is 1. The van der Waals surface area contributed by atoms with Gasteiger partial charge >= 0.3 is 7.82 Å². The van der Waals surface area contributed by atoms with Crippen molar-refractivity contribution in [1.29, 1.82) is 0 Å². The lowest BCUT2D eigenvalue weighted by Crippen LogP contribution is -2.46. The molecule has 0 aromatic carbocycles. The van der Waals surface area contributed by atoms with Crippen molar-refractivity contribution in [1.82, 2.24) is 5.32 Å². The molecule has 0 fully saturated rings. The van der Waals surface area contributed by atoms with Crippen LogP contribution in [0.25, 0.3) is 0 Å². The molecule has 0 aliphatic rings. The van der Waals surface area contributed by atoms with Crippen LogP contribution in [0.1, 0.15) is 393 Å². The monoisotopic (exact) mass is 1140 g/mol. The van der Waals surface area contributed by atoms with Crippen LogP contribution in [-0.2, 0) is 18.4 Å². The van der Waals surface area contributed by atoms with Gasteiger partial charge in [-0.15, -0.1) is 0 Å². The van der Waals surface area contributed by atoms with E-state index in [0.29, 0.717) is 23.9 Å². The number of carbonyl (C=O) groups excluding carboxylic acids is 1. The standard InChI is InChI=1S/C70H143N2O6P/c1-6-8-10-12-14-16-18-20-22-24-26-28-30-32-34-36-38-40-42-44-46-48-50-52-54-56-58-60-62-64-70(74)71-68(67-78-79(75,76)77-66-65-72(3,4)5)69(73)63-61-59-57-55-53-51-49-47-45-43-41-39-37-35-33-31-29-27-25-23-21-19-17-15-13-11-9-7-2/h68-69,73H,6-67H2,1-5H3,(H-,71,74,75,76)/p+1. The molecule has 0 aliphatic carbocycles. The molecule has 0 bridgehead atoms. The van der Waals surface area contributed by atoms with Crippen LogP contribution in [0.3, 0.4) is 0 Å². The summed E-state index contributed by atoms with van der Waals surface area (Å²) in [5, 5.41) is 14.2. The number of hydrogen-bond acceptors (Lipinski definition) is 5. The second-order valence-corrected chi connectivity index (χ2v) is 27.8. The maximum Gasteiger partial charge on any atom is 0.472 e. The van der Waals surface area contributed by atoms with E-state index in [-0.39, 0.29) is 19.1 Å². The molecule has 0 aliphatic heterocycles. The second-order valence-electron chi connectivity index (χ2n) is 26.3. The zero-order valence-corrected chi connectivity index (χ0v) is 55.3. The van der Waals surface area contributed by atoms with Gasteiger partial charge in [0.2, 0.25) is 5.91 Å². The number of aliphatic hydroxyl groups excluding tert-OH is 1. The lowest BCUT2D eigenvalue weighted by Gasteiger charge is -2.26. The molecule has 79 heavy (non-hydrogen) atoms. The number of nitrogens with one attached hydrogen (secondary N) is 1. The molecule has 8 nitrogen and oxygen atoms in total. The third kappa shape index (κ3) is 64.9. The van der Waals surface area contributed by atoms with Crippen LogP contribution in [0, 0.1) is 0 Å². The normalized spacial score (nSPS) is 13.6. The largest absolute Gasteiger partial charge is 0.472 e. The minimum absolute atomic E-state index is 0.0795. The third-order valence-electron chi connectivity index (χ3n) is 17.1. The van der Waals surface area contributed by atoms with Gasteiger partial charge in [-0.3, -0.25) is 13.8 Å². The van der Waals surface area contributed by atoms with Crippen molar-refractivity contribution < 1.29 is 32.9 Å². The Kier molecular flexibility index (Phi) is 61.7. The number of aliphatic hydroxyl groups is 1. The average Bonchev–Trinajstić information content (AvgIpc) is 3.42. The van der Waals surface area contributed by atoms with Gasteiger partial charge in [-0.1, -0.05) is 373 Å². The maximum atomic E-state index is 13.1. The van der Waals surface area contributed by atoms with Gasteiger partial charge in [0.15, 0.2) is 0 Å². The summed E-state index contributed by atoms with van der Waals surface area (Å²) in [6.45, 7) is 4.97. The first kappa shape index (κ1) is 78.5. The van der Waals surface area contributed by atoms with E-state index in [1.165, 1.54) is 327 Å². The number of unbranched alkanes of at least 4 members (excludes halogenated alkanes) is 55. The Bertz CT molecular complexity index is 1250. The van der Waals surface area contributed by atoms with Gasteiger partial charge in [0.1, 0.15) is 13.2 Å². The number of phosphoric ester groups is 1. The Morgan fingerprint density at radius 2 is 0.608 bits per heavy atom. The zero-order chi connectivity index (χ0) is 57.7. The summed E-state index contributed by atoms with van der Waals surface area (Å²) < 4.78 is 23.9. The summed E-state index contributed by atoms with van der Waals surface area (Å²) in [6, 6.07) is -0.757. The number of quaternary nitrogens is 1. The summed E-state index contributed by atoms with van der Waals surface area (Å²) in [5.41, 5.74) is 0. The number of nitrogens with zero attached hydrogens (tertiary/aromatic N) is 1. The molecule has 3 atom stereocenters. The van der Waals surface area contributed by atoms with Crippen molar-refractivity contribution in [2.75, 3.05) is 40.9 Å². The van der Waals surface area contributed by atoms with Gasteiger partial charge in [-0.25, -0.2) is 4.57 Å².